The second-order valence-corrected chi connectivity index (χ2v) is 20.1. The molecule has 1 aliphatic rings. The summed E-state index contributed by atoms with van der Waals surface area (Å²) in [6.07, 6.45) is 3.91. The lowest BCUT2D eigenvalue weighted by molar-refractivity contribution is 0.0685. The van der Waals surface area contributed by atoms with Gasteiger partial charge in [0.2, 0.25) is 0 Å². The van der Waals surface area contributed by atoms with Crippen LogP contribution in [0.4, 0.5) is 10.2 Å². The van der Waals surface area contributed by atoms with Gasteiger partial charge in [0.15, 0.2) is 25.6 Å². The Hall–Kier alpha value is -4.36. The minimum atomic E-state index is -1.77. The number of unbranched alkanes of at least 4 members (excludes halogenated alkanes) is 3. The Bertz CT molecular complexity index is 1950. The molecular weight excluding hydrogens is 694 g/mol. The average molecular weight is 750 g/mol. The first kappa shape index (κ1) is 39.8. The van der Waals surface area contributed by atoms with Crippen molar-refractivity contribution < 1.29 is 27.8 Å². The Morgan fingerprint density at radius 3 is 2.38 bits per heavy atom. The van der Waals surface area contributed by atoms with E-state index in [1.807, 2.05) is 42.7 Å². The van der Waals surface area contributed by atoms with Crippen LogP contribution in [0, 0.1) is 5.82 Å². The second-order valence-electron chi connectivity index (χ2n) is 15.3. The van der Waals surface area contributed by atoms with Gasteiger partial charge in [-0.3, -0.25) is 9.59 Å². The van der Waals surface area contributed by atoms with Crippen molar-refractivity contribution >= 4 is 30.9 Å². The standard InChI is InChI=1S/C40H56FN5O6Si/c1-10-44-24-27(2)46-34-33(36(50-7)35(46)39(44)48)38(47)45(43-37(34)42-21-13-11-12-14-22-52-53(8,9)40(3,4)5)25-29-17-18-30(41)23-32(29)51-26-28-15-19-31(49-6)20-16-28/h15-20,23,27H,10-14,21-22,24-26H2,1-9H3,(H,42,43)/t27-/m0/s1. The van der Waals surface area contributed by atoms with Crippen LogP contribution < -0.4 is 25.1 Å². The van der Waals surface area contributed by atoms with E-state index < -0.39 is 19.7 Å². The van der Waals surface area contributed by atoms with Gasteiger partial charge >= 0.3 is 0 Å². The molecule has 1 N–H and O–H groups in total. The molecule has 0 fully saturated rings. The number of hydrogen-bond acceptors (Lipinski definition) is 8. The maximum atomic E-state index is 14.5. The zero-order valence-electron chi connectivity index (χ0n) is 32.8. The Morgan fingerprint density at radius 1 is 1.00 bits per heavy atom. The molecule has 0 unspecified atom stereocenters. The number of likely N-dealkylation sites (N-methyl/N-ethyl adjacent to an activating group) is 1. The molecule has 3 heterocycles. The Balaban J connectivity index is 1.43. The first-order chi connectivity index (χ1) is 25.2. The summed E-state index contributed by atoms with van der Waals surface area (Å²) in [5.41, 5.74) is 1.92. The number of amides is 1. The van der Waals surface area contributed by atoms with Crippen LogP contribution in [0.3, 0.4) is 0 Å². The molecule has 2 aromatic carbocycles. The van der Waals surface area contributed by atoms with Gasteiger partial charge in [0, 0.05) is 43.9 Å². The molecule has 1 atom stereocenters. The van der Waals surface area contributed by atoms with Gasteiger partial charge in [-0.25, -0.2) is 9.07 Å². The van der Waals surface area contributed by atoms with Crippen molar-refractivity contribution in [2.24, 2.45) is 0 Å². The Kier molecular flexibility index (Phi) is 12.6. The van der Waals surface area contributed by atoms with E-state index in [0.29, 0.717) is 48.0 Å². The topological polar surface area (TPSA) is 109 Å². The average Bonchev–Trinajstić information content (AvgIpc) is 3.49. The number of carbonyl (C=O) groups excluding carboxylic acids is 1. The predicted molar refractivity (Wildman–Crippen MR) is 210 cm³/mol. The minimum absolute atomic E-state index is 0.00413. The van der Waals surface area contributed by atoms with Gasteiger partial charge in [-0.1, -0.05) is 51.8 Å². The summed E-state index contributed by atoms with van der Waals surface area (Å²) in [5, 5.41) is 8.84. The third-order valence-electron chi connectivity index (χ3n) is 10.6. The van der Waals surface area contributed by atoms with Gasteiger partial charge in [0.05, 0.1) is 20.8 Å². The molecule has 0 bridgehead atoms. The fourth-order valence-corrected chi connectivity index (χ4v) is 7.57. The number of nitrogens with zero attached hydrogens (tertiary/aromatic N) is 4. The van der Waals surface area contributed by atoms with Crippen LogP contribution in [0.5, 0.6) is 17.2 Å². The van der Waals surface area contributed by atoms with Crippen molar-refractivity contribution in [2.75, 3.05) is 45.8 Å². The second kappa shape index (κ2) is 16.8. The monoisotopic (exact) mass is 749 g/mol. The quantitative estimate of drug-likeness (QED) is 0.0855. The van der Waals surface area contributed by atoms with E-state index in [2.05, 4.69) is 39.2 Å². The van der Waals surface area contributed by atoms with Crippen molar-refractivity contribution in [1.29, 1.82) is 0 Å². The molecule has 288 valence electrons. The molecule has 0 radical (unpaired) electrons. The highest BCUT2D eigenvalue weighted by Crippen LogP contribution is 2.40. The highest BCUT2D eigenvalue weighted by molar-refractivity contribution is 6.74. The van der Waals surface area contributed by atoms with Crippen LogP contribution in [0.25, 0.3) is 10.9 Å². The third kappa shape index (κ3) is 8.72. The van der Waals surface area contributed by atoms with Crippen LogP contribution in [0.15, 0.2) is 47.3 Å². The lowest BCUT2D eigenvalue weighted by atomic mass is 10.2. The zero-order chi connectivity index (χ0) is 38.5. The normalized spacial score (nSPS) is 14.8. The van der Waals surface area contributed by atoms with E-state index >= 15 is 0 Å². The maximum Gasteiger partial charge on any atom is 0.280 e. The number of hydrogen-bond donors (Lipinski definition) is 1. The SMILES string of the molecule is CCN1C[C@H](C)n2c(c(OC)c3c(=O)n(Cc4ccc(F)cc4OCc4ccc(OC)cc4)nc(NCCCCCCO[Si](C)(C)C(C)(C)C)c32)C1=O. The van der Waals surface area contributed by atoms with Gasteiger partial charge in [-0.15, -0.1) is 5.10 Å². The summed E-state index contributed by atoms with van der Waals surface area (Å²) in [5.74, 6) is 1.08. The van der Waals surface area contributed by atoms with Crippen LogP contribution in [-0.2, 0) is 17.6 Å². The first-order valence-electron chi connectivity index (χ1n) is 18.6. The number of ether oxygens (including phenoxy) is 3. The molecule has 11 nitrogen and oxygen atoms in total. The molecule has 4 aromatic rings. The van der Waals surface area contributed by atoms with Crippen LogP contribution in [-0.4, -0.2) is 73.9 Å². The van der Waals surface area contributed by atoms with Crippen molar-refractivity contribution in [3.8, 4) is 17.2 Å². The number of rotatable bonds is 17. The maximum absolute atomic E-state index is 14.5. The molecule has 1 aliphatic heterocycles. The predicted octanol–water partition coefficient (Wildman–Crippen LogP) is 8.01. The molecular formula is C40H56FN5O6Si. The Labute approximate surface area is 313 Å². The van der Waals surface area contributed by atoms with E-state index in [4.69, 9.17) is 23.7 Å². The first-order valence-corrected chi connectivity index (χ1v) is 21.6. The summed E-state index contributed by atoms with van der Waals surface area (Å²) in [7, 11) is 1.31. The molecule has 13 heteroatoms. The fraction of sp³-hybridized carbons (Fsp3) is 0.525. The van der Waals surface area contributed by atoms with Gasteiger partial charge < -0.3 is 33.4 Å². The van der Waals surface area contributed by atoms with Crippen LogP contribution in [0.2, 0.25) is 18.1 Å². The smallest absolute Gasteiger partial charge is 0.280 e. The van der Waals surface area contributed by atoms with E-state index in [1.54, 1.807) is 18.1 Å². The van der Waals surface area contributed by atoms with Gasteiger partial charge in [0.25, 0.3) is 11.5 Å². The number of halogens is 1. The van der Waals surface area contributed by atoms with E-state index in [0.717, 1.165) is 43.6 Å². The number of anilines is 1. The number of aromatic nitrogens is 3. The van der Waals surface area contributed by atoms with Crippen molar-refractivity contribution in [3.63, 3.8) is 0 Å². The summed E-state index contributed by atoms with van der Waals surface area (Å²) >= 11 is 0. The summed E-state index contributed by atoms with van der Waals surface area (Å²) in [6, 6.07) is 11.6. The lowest BCUT2D eigenvalue weighted by Gasteiger charge is -2.36. The summed E-state index contributed by atoms with van der Waals surface area (Å²) in [4.78, 5) is 29.9. The third-order valence-corrected chi connectivity index (χ3v) is 15.1. The van der Waals surface area contributed by atoms with Crippen molar-refractivity contribution in [3.05, 3.63) is 75.5 Å². The summed E-state index contributed by atoms with van der Waals surface area (Å²) in [6.45, 7) is 17.9. The number of fused-ring (bicyclic) bond motifs is 3. The lowest BCUT2D eigenvalue weighted by Crippen LogP contribution is -2.42. The van der Waals surface area contributed by atoms with Gasteiger partial charge in [-0.2, -0.15) is 0 Å². The number of nitrogens with one attached hydrogen (secondary N) is 1. The van der Waals surface area contributed by atoms with E-state index in [-0.39, 0.29) is 41.3 Å². The molecule has 5 rings (SSSR count). The molecule has 0 spiro atoms. The fourth-order valence-electron chi connectivity index (χ4n) is 6.48. The highest BCUT2D eigenvalue weighted by atomic mass is 28.4. The number of benzene rings is 2. The largest absolute Gasteiger partial charge is 0.497 e. The minimum Gasteiger partial charge on any atom is -0.497 e. The molecule has 0 saturated heterocycles. The molecule has 1 amide bonds. The summed E-state index contributed by atoms with van der Waals surface area (Å²) < 4.78 is 41.4. The van der Waals surface area contributed by atoms with Gasteiger partial charge in [-0.05, 0) is 68.6 Å². The molecule has 53 heavy (non-hydrogen) atoms. The molecule has 0 saturated carbocycles. The zero-order valence-corrected chi connectivity index (χ0v) is 33.8. The number of carbonyl (C=O) groups is 1. The highest BCUT2D eigenvalue weighted by Gasteiger charge is 2.38. The van der Waals surface area contributed by atoms with Crippen molar-refractivity contribution in [2.45, 2.75) is 97.6 Å². The van der Waals surface area contributed by atoms with Crippen LogP contribution >= 0.6 is 0 Å². The molecule has 2 aromatic heterocycles. The van der Waals surface area contributed by atoms with Gasteiger partial charge in [0.1, 0.15) is 34.8 Å². The molecule has 0 aliphatic carbocycles. The van der Waals surface area contributed by atoms with Crippen LogP contribution in [0.1, 0.15) is 88.0 Å². The Morgan fingerprint density at radius 2 is 1.72 bits per heavy atom. The van der Waals surface area contributed by atoms with E-state index in [9.17, 15) is 14.0 Å². The number of methoxy groups -OCH3 is 2. The van der Waals surface area contributed by atoms with E-state index in [1.165, 1.54) is 23.9 Å². The van der Waals surface area contributed by atoms with Crippen molar-refractivity contribution in [1.82, 2.24) is 19.2 Å².